The predicted octanol–water partition coefficient (Wildman–Crippen LogP) is 2.52. The van der Waals surface area contributed by atoms with E-state index in [4.69, 9.17) is 9.26 Å². The lowest BCUT2D eigenvalue weighted by Gasteiger charge is -2.23. The number of carbonyl (C=O) groups excluding carboxylic acids is 1. The Bertz CT molecular complexity index is 994. The number of aliphatic hydroxyl groups is 1. The van der Waals surface area contributed by atoms with Crippen LogP contribution in [0.1, 0.15) is 47.3 Å². The first-order chi connectivity index (χ1) is 13.7. The highest BCUT2D eigenvalue weighted by atomic mass is 19.1. The van der Waals surface area contributed by atoms with Crippen molar-refractivity contribution < 1.29 is 23.6 Å². The average Bonchev–Trinajstić information content (AvgIpc) is 3.25. The largest absolute Gasteiger partial charge is 0.463 e. The lowest BCUT2D eigenvalue weighted by Crippen LogP contribution is -2.46. The number of aromatic nitrogens is 3. The SMILES string of the molecule is Cc1oncc1C(Oc1cc(C(=O)NC(C)(C)CO)n(C)n1)c1ccc(F)cc1. The highest BCUT2D eigenvalue weighted by Crippen LogP contribution is 2.30. The van der Waals surface area contributed by atoms with Crippen LogP contribution >= 0.6 is 0 Å². The minimum absolute atomic E-state index is 0.203. The number of amides is 1. The maximum Gasteiger partial charge on any atom is 0.270 e. The van der Waals surface area contributed by atoms with E-state index in [9.17, 15) is 14.3 Å². The van der Waals surface area contributed by atoms with Gasteiger partial charge in [-0.3, -0.25) is 9.48 Å². The van der Waals surface area contributed by atoms with Gasteiger partial charge in [0.1, 0.15) is 17.3 Å². The highest BCUT2D eigenvalue weighted by Gasteiger charge is 2.26. The Hall–Kier alpha value is -3.20. The second-order valence-electron chi connectivity index (χ2n) is 7.37. The summed E-state index contributed by atoms with van der Waals surface area (Å²) in [5.74, 6) is -0.00137. The Morgan fingerprint density at radius 2 is 2.07 bits per heavy atom. The summed E-state index contributed by atoms with van der Waals surface area (Å²) in [5.41, 5.74) is 0.824. The predicted molar refractivity (Wildman–Crippen MR) is 102 cm³/mol. The van der Waals surface area contributed by atoms with Crippen molar-refractivity contribution in [1.82, 2.24) is 20.3 Å². The van der Waals surface area contributed by atoms with E-state index in [1.807, 2.05) is 0 Å². The summed E-state index contributed by atoms with van der Waals surface area (Å²) in [6.07, 6.45) is 0.880. The minimum atomic E-state index is -0.779. The molecule has 0 aliphatic heterocycles. The standard InChI is InChI=1S/C20H23FN4O4/c1-12-15(10-22-29-12)18(13-5-7-14(21)8-6-13)28-17-9-16(25(4)24-17)19(27)23-20(2,3)11-26/h5-10,18,26H,11H2,1-4H3,(H,23,27). The maximum absolute atomic E-state index is 13.4. The van der Waals surface area contributed by atoms with Crippen LogP contribution in [0.2, 0.25) is 0 Å². The van der Waals surface area contributed by atoms with Crippen LogP contribution < -0.4 is 10.1 Å². The first kappa shape index (κ1) is 20.5. The molecular formula is C20H23FN4O4. The van der Waals surface area contributed by atoms with E-state index in [-0.39, 0.29) is 24.0 Å². The molecule has 0 saturated carbocycles. The Morgan fingerprint density at radius 3 is 2.66 bits per heavy atom. The van der Waals surface area contributed by atoms with Gasteiger partial charge in [0.2, 0.25) is 5.88 Å². The molecule has 1 atom stereocenters. The van der Waals surface area contributed by atoms with Gasteiger partial charge in [-0.05, 0) is 38.5 Å². The van der Waals surface area contributed by atoms with Crippen LogP contribution in [0.5, 0.6) is 5.88 Å². The van der Waals surface area contributed by atoms with Crippen molar-refractivity contribution in [3.8, 4) is 5.88 Å². The molecule has 3 rings (SSSR count). The number of nitrogens with one attached hydrogen (secondary N) is 1. The molecule has 1 aromatic carbocycles. The zero-order chi connectivity index (χ0) is 21.2. The number of hydrogen-bond acceptors (Lipinski definition) is 6. The molecule has 0 aliphatic rings. The molecule has 2 heterocycles. The van der Waals surface area contributed by atoms with Crippen molar-refractivity contribution in [3.63, 3.8) is 0 Å². The first-order valence-electron chi connectivity index (χ1n) is 9.01. The summed E-state index contributed by atoms with van der Waals surface area (Å²) in [6.45, 7) is 4.95. The van der Waals surface area contributed by atoms with Crippen LogP contribution in [0.15, 0.2) is 41.1 Å². The highest BCUT2D eigenvalue weighted by molar-refractivity contribution is 5.93. The van der Waals surface area contributed by atoms with Gasteiger partial charge in [0.15, 0.2) is 6.10 Å². The zero-order valence-corrected chi connectivity index (χ0v) is 16.6. The van der Waals surface area contributed by atoms with Crippen molar-refractivity contribution in [2.24, 2.45) is 7.05 Å². The topological polar surface area (TPSA) is 102 Å². The maximum atomic E-state index is 13.4. The van der Waals surface area contributed by atoms with Gasteiger partial charge in [-0.15, -0.1) is 5.10 Å². The third-order valence-electron chi connectivity index (χ3n) is 4.42. The molecule has 0 saturated heterocycles. The van der Waals surface area contributed by atoms with E-state index in [1.54, 1.807) is 40.0 Å². The molecule has 29 heavy (non-hydrogen) atoms. The zero-order valence-electron chi connectivity index (χ0n) is 16.6. The Balaban J connectivity index is 1.90. The Kier molecular flexibility index (Phi) is 5.69. The molecule has 0 bridgehead atoms. The van der Waals surface area contributed by atoms with Crippen LogP contribution in [0, 0.1) is 12.7 Å². The van der Waals surface area contributed by atoms with Gasteiger partial charge >= 0.3 is 0 Å². The molecule has 0 aliphatic carbocycles. The Morgan fingerprint density at radius 1 is 1.38 bits per heavy atom. The van der Waals surface area contributed by atoms with E-state index in [1.165, 1.54) is 29.1 Å². The molecule has 9 heteroatoms. The van der Waals surface area contributed by atoms with Gasteiger partial charge in [0.05, 0.1) is 23.9 Å². The van der Waals surface area contributed by atoms with Crippen LogP contribution in [0.4, 0.5) is 4.39 Å². The molecular weight excluding hydrogens is 379 g/mol. The molecule has 0 fully saturated rings. The van der Waals surface area contributed by atoms with E-state index in [0.717, 1.165) is 0 Å². The van der Waals surface area contributed by atoms with Gasteiger partial charge in [0, 0.05) is 13.1 Å². The summed E-state index contributed by atoms with van der Waals surface area (Å²) in [7, 11) is 1.62. The second kappa shape index (κ2) is 8.04. The molecule has 2 aromatic heterocycles. The third-order valence-corrected chi connectivity index (χ3v) is 4.42. The number of nitrogens with zero attached hydrogens (tertiary/aromatic N) is 3. The number of carbonyl (C=O) groups is 1. The molecule has 0 radical (unpaired) electrons. The fourth-order valence-electron chi connectivity index (χ4n) is 2.75. The van der Waals surface area contributed by atoms with Gasteiger partial charge in [-0.25, -0.2) is 4.39 Å². The van der Waals surface area contributed by atoms with Crippen molar-refractivity contribution in [3.05, 3.63) is 64.9 Å². The summed E-state index contributed by atoms with van der Waals surface area (Å²) >= 11 is 0. The van der Waals surface area contributed by atoms with Crippen molar-refractivity contribution in [2.75, 3.05) is 6.61 Å². The van der Waals surface area contributed by atoms with E-state index in [2.05, 4.69) is 15.6 Å². The van der Waals surface area contributed by atoms with E-state index >= 15 is 0 Å². The molecule has 0 spiro atoms. The fraction of sp³-hybridized carbons (Fsp3) is 0.350. The smallest absolute Gasteiger partial charge is 0.270 e. The quantitative estimate of drug-likeness (QED) is 0.630. The molecule has 1 unspecified atom stereocenters. The summed E-state index contributed by atoms with van der Waals surface area (Å²) in [4.78, 5) is 12.5. The average molecular weight is 402 g/mol. The van der Waals surface area contributed by atoms with Gasteiger partial charge in [-0.1, -0.05) is 17.3 Å². The lowest BCUT2D eigenvalue weighted by atomic mass is 10.0. The summed E-state index contributed by atoms with van der Waals surface area (Å²) in [6, 6.07) is 7.38. The summed E-state index contributed by atoms with van der Waals surface area (Å²) < 4.78 is 25.9. The van der Waals surface area contributed by atoms with Gasteiger partial charge in [-0.2, -0.15) is 0 Å². The van der Waals surface area contributed by atoms with Gasteiger partial charge < -0.3 is 19.7 Å². The molecule has 8 nitrogen and oxygen atoms in total. The minimum Gasteiger partial charge on any atom is -0.463 e. The van der Waals surface area contributed by atoms with Crippen molar-refractivity contribution in [1.29, 1.82) is 0 Å². The van der Waals surface area contributed by atoms with Crippen molar-refractivity contribution >= 4 is 5.91 Å². The van der Waals surface area contributed by atoms with Crippen LogP contribution in [-0.4, -0.2) is 38.1 Å². The normalized spacial score (nSPS) is 12.6. The van der Waals surface area contributed by atoms with Crippen molar-refractivity contribution in [2.45, 2.75) is 32.4 Å². The monoisotopic (exact) mass is 402 g/mol. The number of hydrogen-bond donors (Lipinski definition) is 2. The van der Waals surface area contributed by atoms with E-state index < -0.39 is 17.6 Å². The lowest BCUT2D eigenvalue weighted by molar-refractivity contribution is 0.0859. The third kappa shape index (κ3) is 4.62. The number of benzene rings is 1. The molecule has 154 valence electrons. The first-order valence-corrected chi connectivity index (χ1v) is 9.01. The molecule has 3 aromatic rings. The summed E-state index contributed by atoms with van der Waals surface area (Å²) in [5, 5.41) is 20.1. The van der Waals surface area contributed by atoms with E-state index in [0.29, 0.717) is 16.9 Å². The fourth-order valence-corrected chi connectivity index (χ4v) is 2.75. The number of aryl methyl sites for hydroxylation is 2. The van der Waals surface area contributed by atoms with Crippen LogP contribution in [-0.2, 0) is 7.05 Å². The molecule has 1 amide bonds. The second-order valence-corrected chi connectivity index (χ2v) is 7.37. The van der Waals surface area contributed by atoms with Crippen LogP contribution in [0.25, 0.3) is 0 Å². The van der Waals surface area contributed by atoms with Crippen LogP contribution in [0.3, 0.4) is 0 Å². The number of ether oxygens (including phenoxy) is 1. The number of halogens is 1. The molecule has 2 N–H and O–H groups in total. The Labute approximate surface area is 167 Å². The number of aliphatic hydroxyl groups excluding tert-OH is 1. The van der Waals surface area contributed by atoms with Gasteiger partial charge in [0.25, 0.3) is 5.91 Å². The number of rotatable bonds is 7.